The zero-order valence-corrected chi connectivity index (χ0v) is 14.9. The van der Waals surface area contributed by atoms with E-state index in [1.807, 2.05) is 0 Å². The van der Waals surface area contributed by atoms with Crippen LogP contribution in [0, 0.1) is 0 Å². The van der Waals surface area contributed by atoms with Crippen LogP contribution in [0.1, 0.15) is 58.2 Å². The van der Waals surface area contributed by atoms with Crippen LogP contribution in [0.5, 0.6) is 5.88 Å². The van der Waals surface area contributed by atoms with Crippen LogP contribution < -0.4 is 4.74 Å². The average Bonchev–Trinajstić information content (AvgIpc) is 3.10. The summed E-state index contributed by atoms with van der Waals surface area (Å²) in [7, 11) is 0. The molecule has 1 aromatic rings. The SMILES string of the molecule is CC(C)OC[C@@]12CCCN1[C@H](COc1ncncc1C(C)F)CC2. The summed E-state index contributed by atoms with van der Waals surface area (Å²) in [6, 6.07) is 0.348. The summed E-state index contributed by atoms with van der Waals surface area (Å²) in [5, 5.41) is 0. The molecule has 0 N–H and O–H groups in total. The van der Waals surface area contributed by atoms with E-state index in [1.54, 1.807) is 0 Å². The lowest BCUT2D eigenvalue weighted by Crippen LogP contribution is -2.47. The molecule has 6 heteroatoms. The third kappa shape index (κ3) is 3.54. The van der Waals surface area contributed by atoms with Crippen LogP contribution in [0.4, 0.5) is 4.39 Å². The summed E-state index contributed by atoms with van der Waals surface area (Å²) in [6.07, 6.45) is 6.66. The van der Waals surface area contributed by atoms with E-state index in [4.69, 9.17) is 9.47 Å². The standard InChI is InChI=1S/C18H28FN3O2/c1-13(2)24-11-18-6-4-8-22(18)15(5-7-18)10-23-17-16(14(3)19)9-20-12-21-17/h9,12-15H,4-8,10-11H2,1-3H3/t14?,15-,18-/m0/s1. The maximum absolute atomic E-state index is 13.7. The third-order valence-electron chi connectivity index (χ3n) is 5.26. The van der Waals surface area contributed by atoms with Crippen molar-refractivity contribution in [1.29, 1.82) is 0 Å². The summed E-state index contributed by atoms with van der Waals surface area (Å²) in [5.41, 5.74) is 0.589. The number of alkyl halides is 1. The van der Waals surface area contributed by atoms with Gasteiger partial charge in [-0.2, -0.15) is 0 Å². The van der Waals surface area contributed by atoms with Gasteiger partial charge in [0.15, 0.2) is 0 Å². The number of halogens is 1. The van der Waals surface area contributed by atoms with Crippen LogP contribution in [0.25, 0.3) is 0 Å². The molecule has 134 valence electrons. The molecule has 1 aromatic heterocycles. The van der Waals surface area contributed by atoms with Gasteiger partial charge in [-0.25, -0.2) is 14.4 Å². The minimum absolute atomic E-state index is 0.167. The summed E-state index contributed by atoms with van der Waals surface area (Å²) in [6.45, 7) is 8.07. The van der Waals surface area contributed by atoms with Crippen LogP contribution in [-0.4, -0.2) is 52.3 Å². The summed E-state index contributed by atoms with van der Waals surface area (Å²) >= 11 is 0. The molecule has 0 amide bonds. The second-order valence-corrected chi connectivity index (χ2v) is 7.28. The van der Waals surface area contributed by atoms with Crippen LogP contribution in [-0.2, 0) is 4.74 Å². The van der Waals surface area contributed by atoms with Gasteiger partial charge >= 0.3 is 0 Å². The lowest BCUT2D eigenvalue weighted by Gasteiger charge is -2.35. The van der Waals surface area contributed by atoms with Crippen LogP contribution in [0.3, 0.4) is 0 Å². The van der Waals surface area contributed by atoms with Gasteiger partial charge < -0.3 is 9.47 Å². The maximum atomic E-state index is 13.7. The molecule has 24 heavy (non-hydrogen) atoms. The van der Waals surface area contributed by atoms with E-state index in [0.29, 0.717) is 24.1 Å². The molecule has 3 atom stereocenters. The molecule has 0 saturated carbocycles. The Morgan fingerprint density at radius 2 is 2.21 bits per heavy atom. The largest absolute Gasteiger partial charge is 0.476 e. The second-order valence-electron chi connectivity index (χ2n) is 7.28. The molecule has 0 aliphatic carbocycles. The molecule has 1 unspecified atom stereocenters. The Hall–Kier alpha value is -1.27. The molecular weight excluding hydrogens is 309 g/mol. The molecular formula is C18H28FN3O2. The Morgan fingerprint density at radius 3 is 2.96 bits per heavy atom. The number of nitrogens with zero attached hydrogens (tertiary/aromatic N) is 3. The van der Waals surface area contributed by atoms with Gasteiger partial charge in [-0.1, -0.05) is 0 Å². The first-order valence-corrected chi connectivity index (χ1v) is 8.97. The fourth-order valence-electron chi connectivity index (χ4n) is 4.01. The van der Waals surface area contributed by atoms with Gasteiger partial charge in [0.1, 0.15) is 19.1 Å². The second kappa shape index (κ2) is 7.31. The third-order valence-corrected chi connectivity index (χ3v) is 5.26. The van der Waals surface area contributed by atoms with Crippen molar-refractivity contribution in [2.45, 2.75) is 70.3 Å². The van der Waals surface area contributed by atoms with Gasteiger partial charge in [0.25, 0.3) is 0 Å². The normalized spacial score (nSPS) is 28.3. The first-order chi connectivity index (χ1) is 11.5. The van der Waals surface area contributed by atoms with Crippen molar-refractivity contribution in [2.75, 3.05) is 19.8 Å². The number of hydrogen-bond donors (Lipinski definition) is 0. The van der Waals surface area contributed by atoms with Crippen molar-refractivity contribution >= 4 is 0 Å². The first kappa shape index (κ1) is 17.5. The fraction of sp³-hybridized carbons (Fsp3) is 0.778. The molecule has 0 spiro atoms. The number of fused-ring (bicyclic) bond motifs is 1. The molecule has 2 saturated heterocycles. The molecule has 5 nitrogen and oxygen atoms in total. The van der Waals surface area contributed by atoms with E-state index in [-0.39, 0.29) is 11.6 Å². The summed E-state index contributed by atoms with van der Waals surface area (Å²) in [5.74, 6) is 0.370. The van der Waals surface area contributed by atoms with Crippen molar-refractivity contribution in [3.8, 4) is 5.88 Å². The fourth-order valence-corrected chi connectivity index (χ4v) is 4.01. The van der Waals surface area contributed by atoms with Gasteiger partial charge in [0, 0.05) is 17.8 Å². The molecule has 2 aliphatic heterocycles. The van der Waals surface area contributed by atoms with E-state index >= 15 is 0 Å². The van der Waals surface area contributed by atoms with E-state index < -0.39 is 6.17 Å². The quantitative estimate of drug-likeness (QED) is 0.764. The molecule has 0 radical (unpaired) electrons. The smallest absolute Gasteiger partial charge is 0.222 e. The number of ether oxygens (including phenoxy) is 2. The minimum atomic E-state index is -1.13. The first-order valence-electron chi connectivity index (χ1n) is 8.97. The predicted molar refractivity (Wildman–Crippen MR) is 89.8 cm³/mol. The Kier molecular flexibility index (Phi) is 5.35. The van der Waals surface area contributed by atoms with Crippen LogP contribution in [0.2, 0.25) is 0 Å². The van der Waals surface area contributed by atoms with Crippen molar-refractivity contribution in [3.63, 3.8) is 0 Å². The maximum Gasteiger partial charge on any atom is 0.222 e. The topological polar surface area (TPSA) is 47.5 Å². The van der Waals surface area contributed by atoms with Gasteiger partial charge in [-0.05, 0) is 53.0 Å². The molecule has 3 heterocycles. The highest BCUT2D eigenvalue weighted by atomic mass is 19.1. The van der Waals surface area contributed by atoms with E-state index in [1.165, 1.54) is 32.3 Å². The van der Waals surface area contributed by atoms with Gasteiger partial charge in [-0.15, -0.1) is 0 Å². The minimum Gasteiger partial charge on any atom is -0.476 e. The molecule has 0 bridgehead atoms. The number of aromatic nitrogens is 2. The van der Waals surface area contributed by atoms with Gasteiger partial charge in [-0.3, -0.25) is 4.90 Å². The number of hydrogen-bond acceptors (Lipinski definition) is 5. The highest BCUT2D eigenvalue weighted by molar-refractivity contribution is 5.24. The molecule has 0 aromatic carbocycles. The Balaban J connectivity index is 1.63. The number of rotatable bonds is 7. The van der Waals surface area contributed by atoms with Crippen LogP contribution >= 0.6 is 0 Å². The predicted octanol–water partition coefficient (Wildman–Crippen LogP) is 3.31. The Labute approximate surface area is 143 Å². The van der Waals surface area contributed by atoms with E-state index in [0.717, 1.165) is 26.0 Å². The van der Waals surface area contributed by atoms with Crippen LogP contribution in [0.15, 0.2) is 12.5 Å². The van der Waals surface area contributed by atoms with Gasteiger partial charge in [0.05, 0.1) is 18.3 Å². The molecule has 3 rings (SSSR count). The summed E-state index contributed by atoms with van der Waals surface area (Å²) in [4.78, 5) is 10.6. The van der Waals surface area contributed by atoms with Crippen molar-refractivity contribution in [1.82, 2.24) is 14.9 Å². The average molecular weight is 337 g/mol. The summed E-state index contributed by atoms with van der Waals surface area (Å²) < 4.78 is 25.5. The van der Waals surface area contributed by atoms with Gasteiger partial charge in [0.2, 0.25) is 5.88 Å². The Morgan fingerprint density at radius 1 is 1.38 bits per heavy atom. The van der Waals surface area contributed by atoms with E-state index in [2.05, 4.69) is 28.7 Å². The lowest BCUT2D eigenvalue weighted by atomic mass is 9.95. The highest BCUT2D eigenvalue weighted by Crippen LogP contribution is 2.43. The zero-order valence-electron chi connectivity index (χ0n) is 14.9. The lowest BCUT2D eigenvalue weighted by molar-refractivity contribution is -0.00918. The van der Waals surface area contributed by atoms with Crippen molar-refractivity contribution in [2.24, 2.45) is 0 Å². The van der Waals surface area contributed by atoms with Crippen molar-refractivity contribution < 1.29 is 13.9 Å². The molecule has 2 fully saturated rings. The van der Waals surface area contributed by atoms with E-state index in [9.17, 15) is 4.39 Å². The Bertz CT molecular complexity index is 555. The molecule has 2 aliphatic rings. The monoisotopic (exact) mass is 337 g/mol. The van der Waals surface area contributed by atoms with Crippen molar-refractivity contribution in [3.05, 3.63) is 18.1 Å². The zero-order chi connectivity index (χ0) is 17.2. The highest BCUT2D eigenvalue weighted by Gasteiger charge is 2.49.